The normalized spacial score (nSPS) is 20.9. The molecule has 0 bridgehead atoms. The van der Waals surface area contributed by atoms with Gasteiger partial charge in [-0.1, -0.05) is 18.2 Å². The number of fused-ring (bicyclic) bond motifs is 1. The van der Waals surface area contributed by atoms with Crippen LogP contribution in [-0.4, -0.2) is 43.8 Å². The molecule has 140 valence electrons. The van der Waals surface area contributed by atoms with Gasteiger partial charge >= 0.3 is 0 Å². The molecule has 0 radical (unpaired) electrons. The molecule has 2 aromatic heterocycles. The zero-order chi connectivity index (χ0) is 18.2. The van der Waals surface area contributed by atoms with Gasteiger partial charge in [0, 0.05) is 30.6 Å². The van der Waals surface area contributed by atoms with Crippen molar-refractivity contribution in [2.24, 2.45) is 0 Å². The van der Waals surface area contributed by atoms with Gasteiger partial charge in [-0.3, -0.25) is 4.90 Å². The molecule has 1 N–H and O–H groups in total. The smallest absolute Gasteiger partial charge is 0.200 e. The first-order chi connectivity index (χ1) is 13.3. The van der Waals surface area contributed by atoms with E-state index in [-0.39, 0.29) is 5.82 Å². The first-order valence-corrected chi connectivity index (χ1v) is 9.69. The number of likely N-dealkylation sites (tertiary alicyclic amines) is 1. The fraction of sp³-hybridized carbons (Fsp3) is 0.450. The van der Waals surface area contributed by atoms with Crippen molar-refractivity contribution in [3.63, 3.8) is 0 Å². The monoisotopic (exact) mass is 366 g/mol. The number of rotatable bonds is 5. The Morgan fingerprint density at radius 1 is 1.19 bits per heavy atom. The number of hydrogen-bond donors (Lipinski definition) is 1. The van der Waals surface area contributed by atoms with Gasteiger partial charge in [-0.15, -0.1) is 10.2 Å². The number of benzene rings is 1. The number of anilines is 1. The predicted octanol–water partition coefficient (Wildman–Crippen LogP) is 3.22. The minimum atomic E-state index is -0.124. The van der Waals surface area contributed by atoms with E-state index in [0.29, 0.717) is 18.5 Å². The van der Waals surface area contributed by atoms with Crippen LogP contribution in [0.1, 0.15) is 42.9 Å². The minimum absolute atomic E-state index is 0.124. The van der Waals surface area contributed by atoms with Crippen LogP contribution in [0.25, 0.3) is 5.65 Å². The zero-order valence-corrected chi connectivity index (χ0v) is 15.2. The molecule has 1 aliphatic heterocycles. The molecule has 27 heavy (non-hydrogen) atoms. The molecule has 1 aromatic carbocycles. The number of piperidine rings is 1. The highest BCUT2D eigenvalue weighted by Gasteiger charge is 2.28. The first kappa shape index (κ1) is 16.6. The molecule has 5 rings (SSSR count). The Kier molecular flexibility index (Phi) is 4.24. The Hall–Kier alpha value is -2.54. The lowest BCUT2D eigenvalue weighted by Gasteiger charge is -2.33. The molecule has 0 amide bonds. The third kappa shape index (κ3) is 3.51. The molecule has 2 fully saturated rings. The Morgan fingerprint density at radius 2 is 2.07 bits per heavy atom. The molecular weight excluding hydrogens is 343 g/mol. The largest absolute Gasteiger partial charge is 0.378 e. The van der Waals surface area contributed by atoms with E-state index in [1.165, 1.54) is 18.9 Å². The van der Waals surface area contributed by atoms with E-state index in [0.717, 1.165) is 48.5 Å². The Balaban J connectivity index is 1.33. The summed E-state index contributed by atoms with van der Waals surface area (Å²) < 4.78 is 15.8. The molecule has 1 saturated carbocycles. The highest BCUT2D eigenvalue weighted by atomic mass is 19.1. The average molecular weight is 366 g/mol. The number of nitrogens with zero attached hydrogens (tertiary/aromatic N) is 5. The fourth-order valence-electron chi connectivity index (χ4n) is 3.94. The maximum absolute atomic E-state index is 14.0. The van der Waals surface area contributed by atoms with Gasteiger partial charge in [-0.2, -0.15) is 9.61 Å². The maximum Gasteiger partial charge on any atom is 0.200 e. The van der Waals surface area contributed by atoms with Crippen LogP contribution in [0.2, 0.25) is 0 Å². The highest BCUT2D eigenvalue weighted by Crippen LogP contribution is 2.40. The van der Waals surface area contributed by atoms with Gasteiger partial charge in [0.05, 0.1) is 11.4 Å². The third-order valence-corrected chi connectivity index (χ3v) is 5.50. The summed E-state index contributed by atoms with van der Waals surface area (Å²) in [6.07, 6.45) is 6.27. The number of aromatic nitrogens is 4. The molecule has 3 heterocycles. The molecule has 1 unspecified atom stereocenters. The Labute approximate surface area is 157 Å². The van der Waals surface area contributed by atoms with E-state index in [4.69, 9.17) is 0 Å². The lowest BCUT2D eigenvalue weighted by atomic mass is 10.0. The van der Waals surface area contributed by atoms with E-state index in [2.05, 4.69) is 31.6 Å². The summed E-state index contributed by atoms with van der Waals surface area (Å²) in [7, 11) is 0. The highest BCUT2D eigenvalue weighted by molar-refractivity contribution is 5.67. The number of halogens is 1. The summed E-state index contributed by atoms with van der Waals surface area (Å²) in [6, 6.07) is 9.49. The summed E-state index contributed by atoms with van der Waals surface area (Å²) in [5.41, 5.74) is 3.65. The summed E-state index contributed by atoms with van der Waals surface area (Å²) in [5.74, 6) is 0.447. The van der Waals surface area contributed by atoms with E-state index in [1.54, 1.807) is 16.9 Å². The molecule has 6 nitrogen and oxygen atoms in total. The Morgan fingerprint density at radius 3 is 2.93 bits per heavy atom. The third-order valence-electron chi connectivity index (χ3n) is 5.50. The summed E-state index contributed by atoms with van der Waals surface area (Å²) in [4.78, 5) is 2.32. The quantitative estimate of drug-likeness (QED) is 0.751. The average Bonchev–Trinajstić information content (AvgIpc) is 3.41. The summed E-state index contributed by atoms with van der Waals surface area (Å²) >= 11 is 0. The molecule has 2 aliphatic rings. The van der Waals surface area contributed by atoms with Crippen molar-refractivity contribution < 1.29 is 4.39 Å². The number of nitrogens with one attached hydrogen (secondary N) is 1. The van der Waals surface area contributed by atoms with Gasteiger partial charge in [0.2, 0.25) is 5.65 Å². The molecule has 3 aromatic rings. The second-order valence-electron chi connectivity index (χ2n) is 7.67. The summed E-state index contributed by atoms with van der Waals surface area (Å²) in [5, 5.41) is 16.5. The number of hydrogen-bond acceptors (Lipinski definition) is 5. The summed E-state index contributed by atoms with van der Waals surface area (Å²) in [6.45, 7) is 2.53. The predicted molar refractivity (Wildman–Crippen MR) is 101 cm³/mol. The van der Waals surface area contributed by atoms with E-state index in [1.807, 2.05) is 12.1 Å². The first-order valence-electron chi connectivity index (χ1n) is 9.69. The maximum atomic E-state index is 14.0. The zero-order valence-electron chi connectivity index (χ0n) is 15.2. The molecule has 1 atom stereocenters. The second-order valence-corrected chi connectivity index (χ2v) is 7.67. The van der Waals surface area contributed by atoms with E-state index >= 15 is 0 Å². The van der Waals surface area contributed by atoms with Crippen LogP contribution in [0.15, 0.2) is 36.7 Å². The van der Waals surface area contributed by atoms with Crippen LogP contribution in [0.5, 0.6) is 0 Å². The molecule has 1 aliphatic carbocycles. The fourth-order valence-corrected chi connectivity index (χ4v) is 3.94. The molecular formula is C20H23FN6. The van der Waals surface area contributed by atoms with Gasteiger partial charge in [-0.25, -0.2) is 4.39 Å². The van der Waals surface area contributed by atoms with Crippen LogP contribution >= 0.6 is 0 Å². The van der Waals surface area contributed by atoms with E-state index < -0.39 is 0 Å². The van der Waals surface area contributed by atoms with Crippen LogP contribution in [-0.2, 0) is 6.54 Å². The van der Waals surface area contributed by atoms with Gasteiger partial charge < -0.3 is 5.32 Å². The Bertz CT molecular complexity index is 951. The molecule has 0 spiro atoms. The molecule has 1 saturated heterocycles. The standard InChI is InChI=1S/C20H23FN6/c21-17-6-2-1-4-15(17)11-26-9-3-5-16(12-26)23-19-10-18(14-7-8-14)25-27-13-22-24-20(19)27/h1-2,4,6,10,13-14,16,23H,3,5,7-9,11-12H2. The van der Waals surface area contributed by atoms with Gasteiger partial charge in [0.1, 0.15) is 12.1 Å². The van der Waals surface area contributed by atoms with Gasteiger partial charge in [-0.05, 0) is 44.4 Å². The van der Waals surface area contributed by atoms with Crippen molar-refractivity contribution in [2.75, 3.05) is 18.4 Å². The van der Waals surface area contributed by atoms with Crippen LogP contribution in [0.4, 0.5) is 10.1 Å². The van der Waals surface area contributed by atoms with Gasteiger partial charge in [0.15, 0.2) is 0 Å². The van der Waals surface area contributed by atoms with Crippen molar-refractivity contribution in [3.05, 3.63) is 53.7 Å². The van der Waals surface area contributed by atoms with Crippen LogP contribution in [0, 0.1) is 5.82 Å². The lowest BCUT2D eigenvalue weighted by molar-refractivity contribution is 0.206. The van der Waals surface area contributed by atoms with E-state index in [9.17, 15) is 4.39 Å². The lowest BCUT2D eigenvalue weighted by Crippen LogP contribution is -2.41. The van der Waals surface area contributed by atoms with Crippen molar-refractivity contribution in [1.82, 2.24) is 24.7 Å². The van der Waals surface area contributed by atoms with Crippen molar-refractivity contribution in [1.29, 1.82) is 0 Å². The minimum Gasteiger partial charge on any atom is -0.378 e. The molecule has 7 heteroatoms. The topological polar surface area (TPSA) is 58.4 Å². The second kappa shape index (κ2) is 6.88. The SMILES string of the molecule is Fc1ccccc1CN1CCCC(Nc2cc(C3CC3)nn3cnnc23)C1. The van der Waals surface area contributed by atoms with Crippen molar-refractivity contribution in [3.8, 4) is 0 Å². The van der Waals surface area contributed by atoms with Crippen molar-refractivity contribution >= 4 is 11.3 Å². The van der Waals surface area contributed by atoms with Crippen LogP contribution in [0.3, 0.4) is 0 Å². The van der Waals surface area contributed by atoms with Gasteiger partial charge in [0.25, 0.3) is 0 Å². The van der Waals surface area contributed by atoms with Crippen LogP contribution < -0.4 is 5.32 Å². The van der Waals surface area contributed by atoms with Crippen molar-refractivity contribution in [2.45, 2.75) is 44.2 Å².